The van der Waals surface area contributed by atoms with E-state index in [2.05, 4.69) is 35.7 Å². The Kier molecular flexibility index (Phi) is 3.79. The number of fused-ring (bicyclic) bond motifs is 1. The van der Waals surface area contributed by atoms with Crippen molar-refractivity contribution >= 4 is 11.0 Å². The highest BCUT2D eigenvalue weighted by molar-refractivity contribution is 5.75. The van der Waals surface area contributed by atoms with Crippen LogP contribution in [0.15, 0.2) is 24.3 Å². The number of hydrogen-bond donors (Lipinski definition) is 1. The second-order valence-electron chi connectivity index (χ2n) is 4.68. The summed E-state index contributed by atoms with van der Waals surface area (Å²) >= 11 is 0. The van der Waals surface area contributed by atoms with Gasteiger partial charge in [-0.3, -0.25) is 0 Å². The second-order valence-corrected chi connectivity index (χ2v) is 4.68. The van der Waals surface area contributed by atoms with E-state index < -0.39 is 0 Å². The molecule has 17 heavy (non-hydrogen) atoms. The van der Waals surface area contributed by atoms with Crippen LogP contribution in [0, 0.1) is 0 Å². The van der Waals surface area contributed by atoms with Crippen LogP contribution < -0.4 is 5.73 Å². The summed E-state index contributed by atoms with van der Waals surface area (Å²) in [6.07, 6.45) is 4.35. The van der Waals surface area contributed by atoms with Crippen LogP contribution in [-0.2, 0) is 13.5 Å². The molecule has 0 aliphatic rings. The number of aromatic nitrogens is 2. The van der Waals surface area contributed by atoms with Crippen molar-refractivity contribution in [2.24, 2.45) is 12.8 Å². The Bertz CT molecular complexity index is 487. The van der Waals surface area contributed by atoms with Gasteiger partial charge < -0.3 is 10.3 Å². The van der Waals surface area contributed by atoms with E-state index in [4.69, 9.17) is 5.73 Å². The van der Waals surface area contributed by atoms with E-state index in [-0.39, 0.29) is 6.04 Å². The summed E-state index contributed by atoms with van der Waals surface area (Å²) in [6.45, 7) is 2.20. The van der Waals surface area contributed by atoms with Gasteiger partial charge in [-0.05, 0) is 18.6 Å². The van der Waals surface area contributed by atoms with Gasteiger partial charge in [-0.25, -0.2) is 4.98 Å². The van der Waals surface area contributed by atoms with Crippen molar-refractivity contribution in [2.45, 2.75) is 38.6 Å². The van der Waals surface area contributed by atoms with Crippen LogP contribution >= 0.6 is 0 Å². The average Bonchev–Trinajstić information content (AvgIpc) is 2.64. The molecule has 1 heterocycles. The molecule has 0 aliphatic carbocycles. The molecule has 0 spiro atoms. The summed E-state index contributed by atoms with van der Waals surface area (Å²) in [5.41, 5.74) is 8.38. The molecule has 0 saturated carbocycles. The Morgan fingerprint density at radius 2 is 2.12 bits per heavy atom. The lowest BCUT2D eigenvalue weighted by molar-refractivity contribution is 0.555. The molecule has 3 nitrogen and oxygen atoms in total. The minimum Gasteiger partial charge on any atom is -0.331 e. The Hall–Kier alpha value is -1.35. The van der Waals surface area contributed by atoms with E-state index in [0.29, 0.717) is 0 Å². The summed E-state index contributed by atoms with van der Waals surface area (Å²) in [5, 5.41) is 0. The quantitative estimate of drug-likeness (QED) is 0.859. The van der Waals surface area contributed by atoms with E-state index in [1.165, 1.54) is 18.4 Å². The van der Waals surface area contributed by atoms with Crippen LogP contribution in [-0.4, -0.2) is 15.6 Å². The maximum Gasteiger partial charge on any atom is 0.111 e. The lowest BCUT2D eigenvalue weighted by atomic mass is 10.1. The zero-order chi connectivity index (χ0) is 12.3. The molecular formula is C14H21N3. The van der Waals surface area contributed by atoms with Crippen LogP contribution in [0.5, 0.6) is 0 Å². The summed E-state index contributed by atoms with van der Waals surface area (Å²) in [4.78, 5) is 4.64. The third-order valence-electron chi connectivity index (χ3n) is 3.25. The number of rotatable bonds is 5. The summed E-state index contributed by atoms with van der Waals surface area (Å²) in [5.74, 6) is 1.09. The van der Waals surface area contributed by atoms with Gasteiger partial charge in [-0.15, -0.1) is 0 Å². The molecule has 0 aliphatic heterocycles. The SMILES string of the molecule is CCCCC(N)Cc1nc2ccccc2n1C. The number of para-hydroxylation sites is 2. The van der Waals surface area contributed by atoms with Crippen LogP contribution in [0.4, 0.5) is 0 Å². The predicted molar refractivity (Wildman–Crippen MR) is 71.9 cm³/mol. The fourth-order valence-electron chi connectivity index (χ4n) is 2.18. The van der Waals surface area contributed by atoms with Crippen molar-refractivity contribution in [1.29, 1.82) is 0 Å². The Morgan fingerprint density at radius 3 is 2.82 bits per heavy atom. The van der Waals surface area contributed by atoms with Crippen molar-refractivity contribution in [2.75, 3.05) is 0 Å². The fourth-order valence-corrected chi connectivity index (χ4v) is 2.18. The number of imidazole rings is 1. The monoisotopic (exact) mass is 231 g/mol. The molecule has 1 unspecified atom stereocenters. The number of benzene rings is 1. The molecule has 2 aromatic rings. The van der Waals surface area contributed by atoms with Crippen LogP contribution in [0.25, 0.3) is 11.0 Å². The first-order valence-corrected chi connectivity index (χ1v) is 6.38. The number of nitrogens with two attached hydrogens (primary N) is 1. The molecule has 0 bridgehead atoms. The van der Waals surface area contributed by atoms with Gasteiger partial charge in [-0.2, -0.15) is 0 Å². The molecule has 0 amide bonds. The van der Waals surface area contributed by atoms with Gasteiger partial charge in [0.1, 0.15) is 5.82 Å². The lowest BCUT2D eigenvalue weighted by Crippen LogP contribution is -2.24. The van der Waals surface area contributed by atoms with Gasteiger partial charge in [0, 0.05) is 19.5 Å². The van der Waals surface area contributed by atoms with E-state index in [0.717, 1.165) is 24.2 Å². The number of aryl methyl sites for hydroxylation is 1. The molecule has 1 atom stereocenters. The van der Waals surface area contributed by atoms with Crippen LogP contribution in [0.1, 0.15) is 32.0 Å². The molecule has 3 heteroatoms. The van der Waals surface area contributed by atoms with Crippen molar-refractivity contribution in [1.82, 2.24) is 9.55 Å². The largest absolute Gasteiger partial charge is 0.331 e. The molecule has 2 N–H and O–H groups in total. The van der Waals surface area contributed by atoms with Gasteiger partial charge in [0.15, 0.2) is 0 Å². The Labute approximate surface area is 103 Å². The normalized spacial score (nSPS) is 13.1. The molecule has 2 rings (SSSR count). The zero-order valence-electron chi connectivity index (χ0n) is 10.7. The molecule has 0 radical (unpaired) electrons. The Morgan fingerprint density at radius 1 is 1.35 bits per heavy atom. The lowest BCUT2D eigenvalue weighted by Gasteiger charge is -2.10. The van der Waals surface area contributed by atoms with E-state index in [1.807, 2.05) is 12.1 Å². The first kappa shape index (κ1) is 12.1. The minimum absolute atomic E-state index is 0.227. The van der Waals surface area contributed by atoms with E-state index in [9.17, 15) is 0 Å². The van der Waals surface area contributed by atoms with Gasteiger partial charge in [0.05, 0.1) is 11.0 Å². The Balaban J connectivity index is 2.16. The highest BCUT2D eigenvalue weighted by Crippen LogP contribution is 2.15. The molecular weight excluding hydrogens is 210 g/mol. The van der Waals surface area contributed by atoms with Crippen molar-refractivity contribution in [3.63, 3.8) is 0 Å². The summed E-state index contributed by atoms with van der Waals surface area (Å²) in [6, 6.07) is 8.45. The zero-order valence-corrected chi connectivity index (χ0v) is 10.7. The topological polar surface area (TPSA) is 43.8 Å². The highest BCUT2D eigenvalue weighted by Gasteiger charge is 2.10. The molecule has 0 fully saturated rings. The maximum atomic E-state index is 6.13. The standard InChI is InChI=1S/C14H21N3/c1-3-4-7-11(15)10-14-16-12-8-5-6-9-13(12)17(14)2/h5-6,8-9,11H,3-4,7,10,15H2,1-2H3. The first-order valence-electron chi connectivity index (χ1n) is 6.38. The van der Waals surface area contributed by atoms with Gasteiger partial charge in [0.25, 0.3) is 0 Å². The smallest absolute Gasteiger partial charge is 0.111 e. The minimum atomic E-state index is 0.227. The molecule has 1 aromatic heterocycles. The second kappa shape index (κ2) is 5.32. The van der Waals surface area contributed by atoms with E-state index >= 15 is 0 Å². The third kappa shape index (κ3) is 2.67. The molecule has 0 saturated heterocycles. The number of hydrogen-bond acceptors (Lipinski definition) is 2. The van der Waals surface area contributed by atoms with Crippen molar-refractivity contribution in [3.05, 3.63) is 30.1 Å². The van der Waals surface area contributed by atoms with E-state index in [1.54, 1.807) is 0 Å². The van der Waals surface area contributed by atoms with Gasteiger partial charge in [-0.1, -0.05) is 31.9 Å². The molecule has 1 aromatic carbocycles. The van der Waals surface area contributed by atoms with Crippen LogP contribution in [0.3, 0.4) is 0 Å². The summed E-state index contributed by atoms with van der Waals surface area (Å²) in [7, 11) is 2.07. The fraction of sp³-hybridized carbons (Fsp3) is 0.500. The number of unbranched alkanes of at least 4 members (excludes halogenated alkanes) is 1. The van der Waals surface area contributed by atoms with Crippen LogP contribution in [0.2, 0.25) is 0 Å². The summed E-state index contributed by atoms with van der Waals surface area (Å²) < 4.78 is 2.15. The number of nitrogens with zero attached hydrogens (tertiary/aromatic N) is 2. The third-order valence-corrected chi connectivity index (χ3v) is 3.25. The van der Waals surface area contributed by atoms with Crippen molar-refractivity contribution in [3.8, 4) is 0 Å². The highest BCUT2D eigenvalue weighted by atomic mass is 15.1. The molecule has 92 valence electrons. The maximum absolute atomic E-state index is 6.13. The van der Waals surface area contributed by atoms with Gasteiger partial charge in [0.2, 0.25) is 0 Å². The van der Waals surface area contributed by atoms with Gasteiger partial charge >= 0.3 is 0 Å². The predicted octanol–water partition coefficient (Wildman–Crippen LogP) is 2.63. The van der Waals surface area contributed by atoms with Crippen molar-refractivity contribution < 1.29 is 0 Å². The average molecular weight is 231 g/mol. The first-order chi connectivity index (χ1) is 8.22.